The molecule has 2 rings (SSSR count). The van der Waals surface area contributed by atoms with Crippen LogP contribution in [0.3, 0.4) is 0 Å². The Morgan fingerprint density at radius 1 is 1.25 bits per heavy atom. The molecular weight excluding hydrogens is 296 g/mol. The van der Waals surface area contributed by atoms with E-state index in [1.165, 1.54) is 0 Å². The highest BCUT2D eigenvalue weighted by molar-refractivity contribution is 7.90. The van der Waals surface area contributed by atoms with E-state index in [1.807, 2.05) is 0 Å². The summed E-state index contributed by atoms with van der Waals surface area (Å²) in [6, 6.07) is 0. The van der Waals surface area contributed by atoms with Gasteiger partial charge in [0.05, 0.1) is 15.8 Å². The molecule has 116 valence electrons. The fraction of sp³-hybridized carbons (Fsp3) is 0.923. The average molecular weight is 320 g/mol. The molecule has 7 heteroatoms. The van der Waals surface area contributed by atoms with Crippen LogP contribution in [0, 0.1) is 5.92 Å². The maximum absolute atomic E-state index is 12.6. The van der Waals surface area contributed by atoms with Gasteiger partial charge in [-0.2, -0.15) is 0 Å². The lowest BCUT2D eigenvalue weighted by Crippen LogP contribution is -2.60. The maximum Gasteiger partial charge on any atom is 0.215 e. The first-order chi connectivity index (χ1) is 9.36. The summed E-state index contributed by atoms with van der Waals surface area (Å²) in [5, 5.41) is -0.387. The molecule has 1 heterocycles. The van der Waals surface area contributed by atoms with E-state index in [0.717, 1.165) is 12.8 Å². The smallest absolute Gasteiger partial charge is 0.215 e. The Labute approximate surface area is 126 Å². The Morgan fingerprint density at radius 2 is 1.80 bits per heavy atom. The summed E-state index contributed by atoms with van der Waals surface area (Å²) in [4.78, 5) is 0.278. The Morgan fingerprint density at radius 3 is 2.30 bits per heavy atom. The molecule has 0 amide bonds. The number of thiocarbonyl (C=S) groups is 1. The summed E-state index contributed by atoms with van der Waals surface area (Å²) in [5.74, 6) is 0.602. The predicted octanol–water partition coefficient (Wildman–Crippen LogP) is 1.32. The zero-order valence-corrected chi connectivity index (χ0v) is 13.6. The van der Waals surface area contributed by atoms with E-state index in [-0.39, 0.29) is 10.2 Å². The lowest BCUT2D eigenvalue weighted by Gasteiger charge is -2.40. The molecule has 3 N–H and O–H groups in total. The molecule has 0 unspecified atom stereocenters. The van der Waals surface area contributed by atoms with Crippen LogP contribution < -0.4 is 10.5 Å². The maximum atomic E-state index is 12.6. The van der Waals surface area contributed by atoms with Crippen LogP contribution in [0.1, 0.15) is 45.4 Å². The lowest BCUT2D eigenvalue weighted by molar-refractivity contribution is 0.0979. The van der Waals surface area contributed by atoms with Crippen LogP contribution in [0.2, 0.25) is 0 Å². The highest BCUT2D eigenvalue weighted by Crippen LogP contribution is 2.33. The number of nitrogens with two attached hydrogens (primary N) is 1. The van der Waals surface area contributed by atoms with Crippen molar-refractivity contribution in [3.63, 3.8) is 0 Å². The van der Waals surface area contributed by atoms with Gasteiger partial charge in [0, 0.05) is 13.2 Å². The minimum atomic E-state index is -3.40. The van der Waals surface area contributed by atoms with Crippen molar-refractivity contribution < 1.29 is 13.2 Å². The van der Waals surface area contributed by atoms with Crippen molar-refractivity contribution in [1.82, 2.24) is 4.72 Å². The Kier molecular flexibility index (Phi) is 5.05. The summed E-state index contributed by atoms with van der Waals surface area (Å²) in [6.07, 6.45) is 4.39. The van der Waals surface area contributed by atoms with Crippen molar-refractivity contribution in [2.24, 2.45) is 11.7 Å². The van der Waals surface area contributed by atoms with Crippen LogP contribution in [0.5, 0.6) is 0 Å². The van der Waals surface area contributed by atoms with Gasteiger partial charge < -0.3 is 10.5 Å². The lowest BCUT2D eigenvalue weighted by atomic mass is 9.78. The van der Waals surface area contributed by atoms with Crippen molar-refractivity contribution in [2.45, 2.75) is 56.2 Å². The minimum Gasteiger partial charge on any atom is -0.392 e. The van der Waals surface area contributed by atoms with Gasteiger partial charge in [0.15, 0.2) is 0 Å². The number of sulfonamides is 1. The van der Waals surface area contributed by atoms with E-state index in [4.69, 9.17) is 22.7 Å². The second-order valence-electron chi connectivity index (χ2n) is 6.09. The third kappa shape index (κ3) is 3.50. The van der Waals surface area contributed by atoms with Gasteiger partial charge in [-0.1, -0.05) is 19.1 Å². The monoisotopic (exact) mass is 320 g/mol. The number of hydrogen-bond acceptors (Lipinski definition) is 4. The summed E-state index contributed by atoms with van der Waals surface area (Å²) >= 11 is 5.16. The Bertz CT molecular complexity index is 450. The summed E-state index contributed by atoms with van der Waals surface area (Å²) in [7, 11) is -3.40. The van der Waals surface area contributed by atoms with Gasteiger partial charge >= 0.3 is 0 Å². The fourth-order valence-electron chi connectivity index (χ4n) is 3.00. The zero-order chi connectivity index (χ0) is 14.8. The third-order valence-electron chi connectivity index (χ3n) is 4.54. The molecule has 0 aromatic carbocycles. The Hall–Kier alpha value is -0.240. The van der Waals surface area contributed by atoms with E-state index >= 15 is 0 Å². The molecule has 0 aromatic heterocycles. The van der Waals surface area contributed by atoms with Gasteiger partial charge in [0.25, 0.3) is 0 Å². The van der Waals surface area contributed by atoms with Crippen molar-refractivity contribution in [1.29, 1.82) is 0 Å². The molecule has 2 aliphatic rings. The first-order valence-electron chi connectivity index (χ1n) is 7.26. The van der Waals surface area contributed by atoms with Crippen LogP contribution in [0.25, 0.3) is 0 Å². The molecule has 5 nitrogen and oxygen atoms in total. The molecule has 0 spiro atoms. The van der Waals surface area contributed by atoms with Crippen LogP contribution in [0.4, 0.5) is 0 Å². The van der Waals surface area contributed by atoms with E-state index in [9.17, 15) is 8.42 Å². The highest BCUT2D eigenvalue weighted by atomic mass is 32.2. The molecule has 0 radical (unpaired) electrons. The van der Waals surface area contributed by atoms with Gasteiger partial charge in [-0.3, -0.25) is 0 Å². The van der Waals surface area contributed by atoms with Crippen LogP contribution in [0.15, 0.2) is 0 Å². The number of hydrogen-bond donors (Lipinski definition) is 2. The van der Waals surface area contributed by atoms with Gasteiger partial charge in [-0.05, 0) is 44.4 Å². The average Bonchev–Trinajstić information content (AvgIpc) is 2.42. The molecule has 1 aliphatic heterocycles. The Balaban J connectivity index is 2.13. The molecule has 0 aromatic rings. The second-order valence-corrected chi connectivity index (χ2v) is 8.49. The fourth-order valence-corrected chi connectivity index (χ4v) is 5.15. The summed E-state index contributed by atoms with van der Waals surface area (Å²) in [6.45, 7) is 3.18. The minimum absolute atomic E-state index is 0.278. The van der Waals surface area contributed by atoms with E-state index in [2.05, 4.69) is 11.6 Å². The van der Waals surface area contributed by atoms with E-state index in [1.54, 1.807) is 0 Å². The standard InChI is InChI=1S/C13H24N2O3S2/c1-10-2-6-13(7-3-10,12(14)19)15-20(16,17)11-4-8-18-9-5-11/h10-11,15H,2-9H2,1H3,(H2,14,19). The quantitative estimate of drug-likeness (QED) is 0.764. The molecule has 0 atom stereocenters. The van der Waals surface area contributed by atoms with Crippen molar-refractivity contribution in [2.75, 3.05) is 13.2 Å². The SMILES string of the molecule is CC1CCC(NS(=O)(=O)C2CCOCC2)(C(N)=S)CC1. The van der Waals surface area contributed by atoms with E-state index in [0.29, 0.717) is 44.8 Å². The molecule has 1 saturated carbocycles. The van der Waals surface area contributed by atoms with E-state index < -0.39 is 15.6 Å². The normalized spacial score (nSPS) is 33.0. The number of ether oxygens (including phenoxy) is 1. The molecule has 2 fully saturated rings. The largest absolute Gasteiger partial charge is 0.392 e. The molecule has 0 bridgehead atoms. The molecular formula is C13H24N2O3S2. The second kappa shape index (κ2) is 6.25. The highest BCUT2D eigenvalue weighted by Gasteiger charge is 2.42. The van der Waals surface area contributed by atoms with Crippen LogP contribution in [-0.2, 0) is 14.8 Å². The molecule has 20 heavy (non-hydrogen) atoms. The predicted molar refractivity (Wildman–Crippen MR) is 83.0 cm³/mol. The van der Waals surface area contributed by atoms with Gasteiger partial charge in [0.2, 0.25) is 10.0 Å². The summed E-state index contributed by atoms with van der Waals surface area (Å²) in [5.41, 5.74) is 5.14. The number of rotatable bonds is 4. The van der Waals surface area contributed by atoms with Gasteiger partial charge in [0.1, 0.15) is 0 Å². The number of nitrogens with one attached hydrogen (secondary N) is 1. The van der Waals surface area contributed by atoms with Crippen molar-refractivity contribution in [3.8, 4) is 0 Å². The van der Waals surface area contributed by atoms with Crippen LogP contribution in [-0.4, -0.2) is 37.4 Å². The van der Waals surface area contributed by atoms with Gasteiger partial charge in [-0.15, -0.1) is 0 Å². The van der Waals surface area contributed by atoms with Crippen molar-refractivity contribution in [3.05, 3.63) is 0 Å². The molecule has 1 saturated heterocycles. The van der Waals surface area contributed by atoms with Gasteiger partial charge in [-0.25, -0.2) is 13.1 Å². The third-order valence-corrected chi connectivity index (χ3v) is 6.96. The summed E-state index contributed by atoms with van der Waals surface area (Å²) < 4.78 is 33.2. The first kappa shape index (κ1) is 16.1. The topological polar surface area (TPSA) is 81.4 Å². The molecule has 1 aliphatic carbocycles. The van der Waals surface area contributed by atoms with Crippen LogP contribution >= 0.6 is 12.2 Å². The van der Waals surface area contributed by atoms with Crippen molar-refractivity contribution >= 4 is 27.2 Å². The zero-order valence-electron chi connectivity index (χ0n) is 11.9. The first-order valence-corrected chi connectivity index (χ1v) is 9.22.